The van der Waals surface area contributed by atoms with E-state index in [-0.39, 0.29) is 30.8 Å². The van der Waals surface area contributed by atoms with E-state index in [1.807, 2.05) is 79.7 Å². The van der Waals surface area contributed by atoms with Gasteiger partial charge >= 0.3 is 5.97 Å². The molecule has 0 aromatic heterocycles. The molecule has 1 atom stereocenters. The second kappa shape index (κ2) is 8.75. The molecule has 166 valence electrons. The summed E-state index contributed by atoms with van der Waals surface area (Å²) >= 11 is 6.20. The fraction of sp³-hybridized carbons (Fsp3) is 0.185. The van der Waals surface area contributed by atoms with Gasteiger partial charge in [-0.1, -0.05) is 59.6 Å². The van der Waals surface area contributed by atoms with E-state index in [9.17, 15) is 9.59 Å². The van der Waals surface area contributed by atoms with E-state index in [4.69, 9.17) is 21.1 Å². The minimum atomic E-state index is -0.362. The number of rotatable bonds is 5. The highest BCUT2D eigenvalue weighted by Crippen LogP contribution is 2.42. The number of benzene rings is 3. The molecule has 2 aliphatic heterocycles. The molecule has 2 aliphatic rings. The maximum atomic E-state index is 13.2. The summed E-state index contributed by atoms with van der Waals surface area (Å²) in [4.78, 5) is 27.4. The van der Waals surface area contributed by atoms with Crippen molar-refractivity contribution in [2.24, 2.45) is 0 Å². The number of carbonyl (C=O) groups is 2. The van der Waals surface area contributed by atoms with Crippen molar-refractivity contribution in [1.82, 2.24) is 0 Å². The van der Waals surface area contributed by atoms with Crippen LogP contribution in [0.1, 0.15) is 29.0 Å². The van der Waals surface area contributed by atoms with Crippen LogP contribution in [-0.4, -0.2) is 18.5 Å². The molecule has 0 saturated carbocycles. The fourth-order valence-electron chi connectivity index (χ4n) is 4.31. The molecule has 6 heteroatoms. The van der Waals surface area contributed by atoms with Crippen LogP contribution in [-0.2, 0) is 20.9 Å². The number of ether oxygens (including phenoxy) is 2. The summed E-state index contributed by atoms with van der Waals surface area (Å²) < 4.78 is 11.2. The molecule has 3 aromatic rings. The zero-order valence-corrected chi connectivity index (χ0v) is 18.8. The van der Waals surface area contributed by atoms with Gasteiger partial charge in [-0.15, -0.1) is 0 Å². The molecular weight excluding hydrogens is 438 g/mol. The van der Waals surface area contributed by atoms with Crippen molar-refractivity contribution in [1.29, 1.82) is 0 Å². The van der Waals surface area contributed by atoms with E-state index < -0.39 is 0 Å². The van der Waals surface area contributed by atoms with Crippen molar-refractivity contribution < 1.29 is 19.1 Å². The van der Waals surface area contributed by atoms with E-state index in [1.54, 1.807) is 4.90 Å². The number of esters is 1. The Morgan fingerprint density at radius 1 is 1.00 bits per heavy atom. The number of aryl methyl sites for hydroxylation is 1. The van der Waals surface area contributed by atoms with Gasteiger partial charge in [-0.25, -0.2) is 4.79 Å². The highest BCUT2D eigenvalue weighted by molar-refractivity contribution is 6.31. The number of anilines is 1. The van der Waals surface area contributed by atoms with E-state index in [0.717, 1.165) is 22.4 Å². The Balaban J connectivity index is 1.40. The summed E-state index contributed by atoms with van der Waals surface area (Å²) in [7, 11) is 0. The zero-order valence-electron chi connectivity index (χ0n) is 18.1. The van der Waals surface area contributed by atoms with Gasteiger partial charge in [0.15, 0.2) is 0 Å². The van der Waals surface area contributed by atoms with E-state index in [0.29, 0.717) is 28.6 Å². The Bertz CT molecular complexity index is 1250. The van der Waals surface area contributed by atoms with Crippen molar-refractivity contribution in [3.05, 3.63) is 106 Å². The van der Waals surface area contributed by atoms with Gasteiger partial charge in [-0.2, -0.15) is 0 Å². The van der Waals surface area contributed by atoms with Crippen LogP contribution in [0.4, 0.5) is 5.69 Å². The van der Waals surface area contributed by atoms with Crippen LogP contribution < -0.4 is 9.64 Å². The zero-order chi connectivity index (χ0) is 22.9. The molecular formula is C27H22ClNO4. The minimum Gasteiger partial charge on any atom is -0.489 e. The summed E-state index contributed by atoms with van der Waals surface area (Å²) in [5, 5.41) is 0.659. The molecule has 5 rings (SSSR count). The van der Waals surface area contributed by atoms with Crippen LogP contribution in [0.3, 0.4) is 0 Å². The Morgan fingerprint density at radius 2 is 1.73 bits per heavy atom. The molecule has 5 nitrogen and oxygen atoms in total. The summed E-state index contributed by atoms with van der Waals surface area (Å²) in [6.07, 6.45) is 0.196. The smallest absolute Gasteiger partial charge is 0.336 e. The van der Waals surface area contributed by atoms with Crippen molar-refractivity contribution in [3.8, 4) is 5.75 Å². The summed E-state index contributed by atoms with van der Waals surface area (Å²) in [5.41, 5.74) is 4.82. The van der Waals surface area contributed by atoms with Crippen LogP contribution in [0, 0.1) is 6.92 Å². The fourth-order valence-corrected chi connectivity index (χ4v) is 4.50. The van der Waals surface area contributed by atoms with E-state index in [2.05, 4.69) is 0 Å². The molecule has 0 aliphatic carbocycles. The lowest BCUT2D eigenvalue weighted by Crippen LogP contribution is -2.37. The molecule has 0 saturated heterocycles. The summed E-state index contributed by atoms with van der Waals surface area (Å²) in [6, 6.07) is 22.7. The molecule has 33 heavy (non-hydrogen) atoms. The quantitative estimate of drug-likeness (QED) is 0.469. The summed E-state index contributed by atoms with van der Waals surface area (Å²) in [5.74, 6) is -0.0780. The third-order valence-corrected chi connectivity index (χ3v) is 6.41. The second-order valence-corrected chi connectivity index (χ2v) is 8.61. The van der Waals surface area contributed by atoms with Gasteiger partial charge in [-0.3, -0.25) is 9.69 Å². The van der Waals surface area contributed by atoms with Gasteiger partial charge in [0.2, 0.25) is 5.91 Å². The number of amides is 1. The van der Waals surface area contributed by atoms with E-state index in [1.165, 1.54) is 0 Å². The standard InChI is InChI=1S/C27H22ClNO4/c1-17-6-10-20(11-7-17)29-24-16-33-27(31)26(24)22(14-25(29)30)18-8-12-21(13-9-18)32-15-19-4-2-3-5-23(19)28/h2-13,22H,14-16H2,1H3. The largest absolute Gasteiger partial charge is 0.489 e. The first kappa shape index (κ1) is 21.3. The molecule has 3 aromatic carbocycles. The maximum Gasteiger partial charge on any atom is 0.336 e. The van der Waals surface area contributed by atoms with Gasteiger partial charge in [-0.05, 0) is 42.8 Å². The number of hydrogen-bond donors (Lipinski definition) is 0. The lowest BCUT2D eigenvalue weighted by molar-refractivity contribution is -0.136. The Labute approximate surface area is 197 Å². The molecule has 1 amide bonds. The topological polar surface area (TPSA) is 55.8 Å². The van der Waals surface area contributed by atoms with Crippen molar-refractivity contribution in [2.45, 2.75) is 25.9 Å². The van der Waals surface area contributed by atoms with Crippen LogP contribution in [0.5, 0.6) is 5.75 Å². The van der Waals surface area contributed by atoms with Gasteiger partial charge in [0.05, 0.1) is 11.3 Å². The molecule has 0 radical (unpaired) electrons. The highest BCUT2D eigenvalue weighted by atomic mass is 35.5. The Kier molecular flexibility index (Phi) is 5.65. The predicted octanol–water partition coefficient (Wildman–Crippen LogP) is 5.56. The first-order valence-electron chi connectivity index (χ1n) is 10.8. The molecule has 0 spiro atoms. The molecule has 0 N–H and O–H groups in total. The lowest BCUT2D eigenvalue weighted by atomic mass is 9.84. The second-order valence-electron chi connectivity index (χ2n) is 8.21. The Hall–Kier alpha value is -3.57. The predicted molar refractivity (Wildman–Crippen MR) is 126 cm³/mol. The third kappa shape index (κ3) is 4.12. The van der Waals surface area contributed by atoms with Gasteiger partial charge < -0.3 is 9.47 Å². The van der Waals surface area contributed by atoms with Crippen LogP contribution in [0.25, 0.3) is 0 Å². The van der Waals surface area contributed by atoms with Crippen molar-refractivity contribution >= 4 is 29.2 Å². The number of cyclic esters (lactones) is 1. The number of carbonyl (C=O) groups excluding carboxylic acids is 2. The minimum absolute atomic E-state index is 0.0556. The van der Waals surface area contributed by atoms with Crippen LogP contribution >= 0.6 is 11.6 Å². The molecule has 1 unspecified atom stereocenters. The highest BCUT2D eigenvalue weighted by Gasteiger charge is 2.42. The monoisotopic (exact) mass is 459 g/mol. The van der Waals surface area contributed by atoms with Crippen LogP contribution in [0.2, 0.25) is 5.02 Å². The first-order valence-corrected chi connectivity index (χ1v) is 11.1. The maximum absolute atomic E-state index is 13.2. The normalized spacial score (nSPS) is 17.8. The molecule has 0 fully saturated rings. The van der Waals surface area contributed by atoms with Gasteiger partial charge in [0, 0.05) is 28.6 Å². The van der Waals surface area contributed by atoms with Gasteiger partial charge in [0.25, 0.3) is 0 Å². The average Bonchev–Trinajstić information content (AvgIpc) is 3.20. The van der Waals surface area contributed by atoms with Crippen molar-refractivity contribution in [2.75, 3.05) is 11.5 Å². The summed E-state index contributed by atoms with van der Waals surface area (Å²) in [6.45, 7) is 2.45. The number of nitrogens with zero attached hydrogens (tertiary/aromatic N) is 1. The average molecular weight is 460 g/mol. The van der Waals surface area contributed by atoms with E-state index >= 15 is 0 Å². The molecule has 0 bridgehead atoms. The Morgan fingerprint density at radius 3 is 2.45 bits per heavy atom. The number of halogens is 1. The number of hydrogen-bond acceptors (Lipinski definition) is 4. The van der Waals surface area contributed by atoms with Crippen LogP contribution in [0.15, 0.2) is 84.1 Å². The van der Waals surface area contributed by atoms with Crippen molar-refractivity contribution in [3.63, 3.8) is 0 Å². The van der Waals surface area contributed by atoms with Gasteiger partial charge in [0.1, 0.15) is 19.0 Å². The molecule has 2 heterocycles. The first-order chi connectivity index (χ1) is 16.0. The lowest BCUT2D eigenvalue weighted by Gasteiger charge is -2.32. The third-order valence-electron chi connectivity index (χ3n) is 6.04. The SMILES string of the molecule is Cc1ccc(N2C(=O)CC(c3ccc(OCc4ccccc4Cl)cc3)C3=C2COC3=O)cc1.